The summed E-state index contributed by atoms with van der Waals surface area (Å²) in [5, 5.41) is 0. The van der Waals surface area contributed by atoms with Crippen LogP contribution in [0.5, 0.6) is 0 Å². The zero-order valence-corrected chi connectivity index (χ0v) is 17.3. The molecule has 0 aliphatic carbocycles. The number of likely N-dealkylation sites (tertiary alicyclic amines) is 2. The third-order valence-electron chi connectivity index (χ3n) is 5.44. The molecule has 0 saturated carbocycles. The van der Waals surface area contributed by atoms with E-state index in [2.05, 4.69) is 0 Å². The molecule has 154 valence electrons. The molecule has 0 bridgehead atoms. The third kappa shape index (κ3) is 4.66. The van der Waals surface area contributed by atoms with Gasteiger partial charge in [-0.3, -0.25) is 4.79 Å². The van der Waals surface area contributed by atoms with Gasteiger partial charge >= 0.3 is 6.03 Å². The Morgan fingerprint density at radius 1 is 0.857 bits per heavy atom. The van der Waals surface area contributed by atoms with Gasteiger partial charge in [-0.05, 0) is 44.7 Å². The van der Waals surface area contributed by atoms with E-state index in [-0.39, 0.29) is 10.8 Å². The summed E-state index contributed by atoms with van der Waals surface area (Å²) in [7, 11) is -4.10. The van der Waals surface area contributed by atoms with Crippen LogP contribution in [0.3, 0.4) is 0 Å². The largest absolute Gasteiger partial charge is 0.341 e. The van der Waals surface area contributed by atoms with Crippen LogP contribution < -0.4 is 0 Å². The minimum atomic E-state index is -4.10. The summed E-state index contributed by atoms with van der Waals surface area (Å²) < 4.78 is 27.2. The highest BCUT2D eigenvalue weighted by Gasteiger charge is 2.36. The van der Waals surface area contributed by atoms with Gasteiger partial charge in [-0.1, -0.05) is 30.5 Å². The van der Waals surface area contributed by atoms with Crippen molar-refractivity contribution in [2.75, 3.05) is 32.7 Å². The molecule has 3 amide bonds. The molecule has 0 unspecified atom stereocenters. The molecule has 0 atom stereocenters. The Morgan fingerprint density at radius 3 is 1.93 bits per heavy atom. The summed E-state index contributed by atoms with van der Waals surface area (Å²) in [5.74, 6) is -0.301. The van der Waals surface area contributed by atoms with E-state index in [1.165, 1.54) is 17.0 Å². The first-order valence-corrected chi connectivity index (χ1v) is 11.5. The Hall–Kier alpha value is -2.09. The minimum absolute atomic E-state index is 0.0364. The molecule has 1 aromatic carbocycles. The standard InChI is InChI=1S/C20H29N3O4S/c1-17-8-10-18(11-9-17)28(26,27)23(20(25)22-14-6-7-15-22)16-19(24)21-12-4-2-3-5-13-21/h8-11H,2-7,12-16H2,1H3. The molecule has 0 aromatic heterocycles. The fraction of sp³-hybridized carbons (Fsp3) is 0.600. The molecule has 0 N–H and O–H groups in total. The van der Waals surface area contributed by atoms with Crippen molar-refractivity contribution in [2.45, 2.75) is 50.3 Å². The highest BCUT2D eigenvalue weighted by Crippen LogP contribution is 2.21. The van der Waals surface area contributed by atoms with E-state index in [0.717, 1.165) is 48.4 Å². The van der Waals surface area contributed by atoms with Crippen LogP contribution in [0.25, 0.3) is 0 Å². The van der Waals surface area contributed by atoms with Crippen LogP contribution in [0.1, 0.15) is 44.1 Å². The van der Waals surface area contributed by atoms with Crippen molar-refractivity contribution >= 4 is 22.0 Å². The topological polar surface area (TPSA) is 78.0 Å². The smallest absolute Gasteiger partial charge is 0.334 e. The Balaban J connectivity index is 1.86. The van der Waals surface area contributed by atoms with E-state index < -0.39 is 22.6 Å². The molecule has 1 aromatic rings. The van der Waals surface area contributed by atoms with Gasteiger partial charge in [0.05, 0.1) is 4.90 Å². The van der Waals surface area contributed by atoms with Gasteiger partial charge in [0.1, 0.15) is 6.54 Å². The van der Waals surface area contributed by atoms with Crippen molar-refractivity contribution in [1.29, 1.82) is 0 Å². The highest BCUT2D eigenvalue weighted by molar-refractivity contribution is 7.89. The molecule has 7 nitrogen and oxygen atoms in total. The lowest BCUT2D eigenvalue weighted by Crippen LogP contribution is -2.50. The van der Waals surface area contributed by atoms with Gasteiger partial charge in [-0.2, -0.15) is 0 Å². The number of urea groups is 1. The Bertz CT molecular complexity index is 793. The number of sulfonamides is 1. The van der Waals surface area contributed by atoms with Crippen LogP contribution in [0.4, 0.5) is 4.79 Å². The van der Waals surface area contributed by atoms with E-state index in [4.69, 9.17) is 0 Å². The number of rotatable bonds is 4. The number of hydrogen-bond acceptors (Lipinski definition) is 4. The second-order valence-electron chi connectivity index (χ2n) is 7.60. The van der Waals surface area contributed by atoms with E-state index in [0.29, 0.717) is 26.2 Å². The Kier molecular flexibility index (Phi) is 6.59. The monoisotopic (exact) mass is 407 g/mol. The van der Waals surface area contributed by atoms with Gasteiger partial charge in [-0.15, -0.1) is 0 Å². The van der Waals surface area contributed by atoms with Gasteiger partial charge < -0.3 is 9.80 Å². The summed E-state index contributed by atoms with van der Waals surface area (Å²) in [6.45, 7) is 3.72. The lowest BCUT2D eigenvalue weighted by molar-refractivity contribution is -0.131. The number of hydrogen-bond donors (Lipinski definition) is 0. The second kappa shape index (κ2) is 8.94. The fourth-order valence-electron chi connectivity index (χ4n) is 3.70. The summed E-state index contributed by atoms with van der Waals surface area (Å²) in [6, 6.07) is 5.78. The van der Waals surface area contributed by atoms with Crippen molar-refractivity contribution in [2.24, 2.45) is 0 Å². The van der Waals surface area contributed by atoms with Gasteiger partial charge in [0, 0.05) is 26.2 Å². The normalized spacial score (nSPS) is 18.0. The van der Waals surface area contributed by atoms with E-state index in [1.54, 1.807) is 17.0 Å². The second-order valence-corrected chi connectivity index (χ2v) is 9.46. The summed E-state index contributed by atoms with van der Waals surface area (Å²) in [6.07, 6.45) is 5.67. The van der Waals surface area contributed by atoms with Gasteiger partial charge in [-0.25, -0.2) is 17.5 Å². The molecule has 3 rings (SSSR count). The molecule has 28 heavy (non-hydrogen) atoms. The first-order valence-electron chi connectivity index (χ1n) is 10.1. The van der Waals surface area contributed by atoms with Crippen molar-refractivity contribution in [3.05, 3.63) is 29.8 Å². The highest BCUT2D eigenvalue weighted by atomic mass is 32.2. The quantitative estimate of drug-likeness (QED) is 0.769. The summed E-state index contributed by atoms with van der Waals surface area (Å²) in [4.78, 5) is 29.1. The summed E-state index contributed by atoms with van der Waals surface area (Å²) in [5.41, 5.74) is 0.928. The molecule has 0 spiro atoms. The predicted molar refractivity (Wildman–Crippen MR) is 106 cm³/mol. The molecule has 2 aliphatic rings. The van der Waals surface area contributed by atoms with Crippen LogP contribution in [-0.4, -0.2) is 67.2 Å². The zero-order valence-electron chi connectivity index (χ0n) is 16.5. The predicted octanol–water partition coefficient (Wildman–Crippen LogP) is 2.60. The van der Waals surface area contributed by atoms with E-state index >= 15 is 0 Å². The molecule has 0 radical (unpaired) electrons. The molecule has 2 heterocycles. The molecule has 2 aliphatic heterocycles. The minimum Gasteiger partial charge on any atom is -0.341 e. The molecular weight excluding hydrogens is 378 g/mol. The van der Waals surface area contributed by atoms with Crippen molar-refractivity contribution < 1.29 is 18.0 Å². The van der Waals surface area contributed by atoms with Crippen LogP contribution in [0, 0.1) is 6.92 Å². The van der Waals surface area contributed by atoms with Gasteiger partial charge in [0.2, 0.25) is 5.91 Å². The maximum atomic E-state index is 13.2. The van der Waals surface area contributed by atoms with Crippen molar-refractivity contribution in [1.82, 2.24) is 14.1 Å². The number of aryl methyl sites for hydroxylation is 1. The summed E-state index contributed by atoms with van der Waals surface area (Å²) >= 11 is 0. The van der Waals surface area contributed by atoms with Crippen LogP contribution in [0.2, 0.25) is 0 Å². The Morgan fingerprint density at radius 2 is 1.36 bits per heavy atom. The van der Waals surface area contributed by atoms with Gasteiger partial charge in [0.25, 0.3) is 10.0 Å². The number of benzene rings is 1. The first kappa shape index (κ1) is 20.6. The zero-order chi connectivity index (χ0) is 20.1. The average molecular weight is 408 g/mol. The van der Waals surface area contributed by atoms with E-state index in [1.807, 2.05) is 6.92 Å². The number of amides is 3. The van der Waals surface area contributed by atoms with Crippen LogP contribution in [-0.2, 0) is 14.8 Å². The maximum Gasteiger partial charge on any atom is 0.334 e. The lowest BCUT2D eigenvalue weighted by atomic mass is 10.2. The van der Waals surface area contributed by atoms with Crippen LogP contribution >= 0.6 is 0 Å². The number of nitrogens with zero attached hydrogens (tertiary/aromatic N) is 3. The van der Waals surface area contributed by atoms with E-state index in [9.17, 15) is 18.0 Å². The van der Waals surface area contributed by atoms with Crippen molar-refractivity contribution in [3.8, 4) is 0 Å². The molecule has 2 saturated heterocycles. The SMILES string of the molecule is Cc1ccc(S(=O)(=O)N(CC(=O)N2CCCCCC2)C(=O)N2CCCC2)cc1. The molecule has 2 fully saturated rings. The van der Waals surface area contributed by atoms with Crippen LogP contribution in [0.15, 0.2) is 29.2 Å². The molecular formula is C20H29N3O4S. The third-order valence-corrected chi connectivity index (χ3v) is 7.17. The maximum absolute atomic E-state index is 13.2. The average Bonchev–Trinajstić information content (AvgIpc) is 3.08. The Labute approximate surface area is 167 Å². The lowest BCUT2D eigenvalue weighted by Gasteiger charge is -2.29. The molecule has 8 heteroatoms. The van der Waals surface area contributed by atoms with Crippen molar-refractivity contribution in [3.63, 3.8) is 0 Å². The fourth-order valence-corrected chi connectivity index (χ4v) is 5.04. The number of carbonyl (C=O) groups excluding carboxylic acids is 2. The number of carbonyl (C=O) groups is 2. The first-order chi connectivity index (χ1) is 13.4. The van der Waals surface area contributed by atoms with Gasteiger partial charge in [0.15, 0.2) is 0 Å².